The van der Waals surface area contributed by atoms with Crippen molar-refractivity contribution in [2.24, 2.45) is 0 Å². The van der Waals surface area contributed by atoms with E-state index in [1.54, 1.807) is 13.8 Å². The zero-order chi connectivity index (χ0) is 18.8. The number of benzene rings is 2. The van der Waals surface area contributed by atoms with E-state index < -0.39 is 18.1 Å². The van der Waals surface area contributed by atoms with E-state index in [0.29, 0.717) is 13.0 Å². The van der Waals surface area contributed by atoms with Gasteiger partial charge >= 0.3 is 5.97 Å². The molecule has 1 N–H and O–H groups in total. The molecule has 26 heavy (non-hydrogen) atoms. The number of hydrogen-bond acceptors (Lipinski definition) is 4. The van der Waals surface area contributed by atoms with Crippen molar-refractivity contribution in [3.63, 3.8) is 0 Å². The quantitative estimate of drug-likeness (QED) is 0.703. The first kappa shape index (κ1) is 19.7. The fourth-order valence-corrected chi connectivity index (χ4v) is 2.45. The molecule has 0 aliphatic rings. The molecule has 138 valence electrons. The molecule has 2 aromatic carbocycles. The lowest BCUT2D eigenvalue weighted by Crippen LogP contribution is -2.47. The number of carbonyl (C=O) groups is 2. The van der Waals surface area contributed by atoms with Crippen LogP contribution in [0.4, 0.5) is 0 Å². The molecule has 0 radical (unpaired) electrons. The minimum Gasteiger partial charge on any atom is -0.464 e. The molecule has 2 aromatic rings. The van der Waals surface area contributed by atoms with Crippen LogP contribution in [0.2, 0.25) is 0 Å². The van der Waals surface area contributed by atoms with Crippen LogP contribution in [0.3, 0.4) is 0 Å². The van der Waals surface area contributed by atoms with E-state index in [2.05, 4.69) is 5.32 Å². The molecular weight excluding hydrogens is 330 g/mol. The van der Waals surface area contributed by atoms with Gasteiger partial charge in [-0.05, 0) is 25.0 Å². The summed E-state index contributed by atoms with van der Waals surface area (Å²) >= 11 is 0. The van der Waals surface area contributed by atoms with Crippen LogP contribution < -0.4 is 5.32 Å². The van der Waals surface area contributed by atoms with Crippen molar-refractivity contribution in [2.75, 3.05) is 6.61 Å². The number of ether oxygens (including phenoxy) is 2. The minimum absolute atomic E-state index is 0.264. The third-order valence-corrected chi connectivity index (χ3v) is 3.88. The predicted molar refractivity (Wildman–Crippen MR) is 99.4 cm³/mol. The van der Waals surface area contributed by atoms with Gasteiger partial charge in [0, 0.05) is 6.42 Å². The Hall–Kier alpha value is -2.66. The Bertz CT molecular complexity index is 688. The zero-order valence-corrected chi connectivity index (χ0v) is 15.2. The van der Waals surface area contributed by atoms with Gasteiger partial charge in [0.25, 0.3) is 0 Å². The van der Waals surface area contributed by atoms with Crippen molar-refractivity contribution in [3.05, 3.63) is 71.8 Å². The number of nitrogens with one attached hydrogen (secondary N) is 1. The fourth-order valence-electron chi connectivity index (χ4n) is 2.45. The summed E-state index contributed by atoms with van der Waals surface area (Å²) in [5.41, 5.74) is 1.93. The van der Waals surface area contributed by atoms with Crippen LogP contribution in [0.5, 0.6) is 0 Å². The topological polar surface area (TPSA) is 64.6 Å². The number of esters is 1. The standard InChI is InChI=1S/C21H25NO4/c1-3-25-21(24)19(14-17-10-6-4-7-11-17)22-20(23)16(2)26-15-18-12-8-5-9-13-18/h4-13,16,19H,3,14-15H2,1-2H3,(H,22,23). The van der Waals surface area contributed by atoms with Gasteiger partial charge in [-0.15, -0.1) is 0 Å². The van der Waals surface area contributed by atoms with E-state index in [1.165, 1.54) is 0 Å². The van der Waals surface area contributed by atoms with Gasteiger partial charge in [0.05, 0.1) is 13.2 Å². The molecule has 0 saturated carbocycles. The molecule has 2 rings (SSSR count). The van der Waals surface area contributed by atoms with Gasteiger partial charge in [0.1, 0.15) is 12.1 Å². The molecule has 0 heterocycles. The lowest BCUT2D eigenvalue weighted by molar-refractivity contribution is -0.149. The molecule has 0 aliphatic heterocycles. The zero-order valence-electron chi connectivity index (χ0n) is 15.2. The number of carbonyl (C=O) groups excluding carboxylic acids is 2. The van der Waals surface area contributed by atoms with Crippen molar-refractivity contribution in [1.82, 2.24) is 5.32 Å². The van der Waals surface area contributed by atoms with Crippen molar-refractivity contribution in [1.29, 1.82) is 0 Å². The largest absolute Gasteiger partial charge is 0.464 e. The molecule has 0 aliphatic carbocycles. The molecule has 5 nitrogen and oxygen atoms in total. The van der Waals surface area contributed by atoms with Crippen LogP contribution in [0.1, 0.15) is 25.0 Å². The first-order valence-electron chi connectivity index (χ1n) is 8.76. The highest BCUT2D eigenvalue weighted by atomic mass is 16.5. The van der Waals surface area contributed by atoms with Gasteiger partial charge in [-0.3, -0.25) is 4.79 Å². The summed E-state index contributed by atoms with van der Waals surface area (Å²) in [4.78, 5) is 24.6. The second kappa shape index (κ2) is 10.4. The number of rotatable bonds is 9. The van der Waals surface area contributed by atoms with Gasteiger partial charge in [-0.1, -0.05) is 60.7 Å². The molecule has 0 saturated heterocycles. The summed E-state index contributed by atoms with van der Waals surface area (Å²) in [6.07, 6.45) is -0.306. The van der Waals surface area contributed by atoms with Crippen molar-refractivity contribution >= 4 is 11.9 Å². The average Bonchev–Trinajstić information content (AvgIpc) is 2.67. The van der Waals surface area contributed by atoms with E-state index >= 15 is 0 Å². The maximum atomic E-state index is 12.4. The summed E-state index contributed by atoms with van der Waals surface area (Å²) in [5, 5.41) is 2.75. The SMILES string of the molecule is CCOC(=O)C(Cc1ccccc1)NC(=O)C(C)OCc1ccccc1. The molecule has 0 bridgehead atoms. The lowest BCUT2D eigenvalue weighted by atomic mass is 10.1. The normalized spacial score (nSPS) is 12.8. The predicted octanol–water partition coefficient (Wildman–Crippen LogP) is 2.88. The second-order valence-corrected chi connectivity index (χ2v) is 5.94. The molecule has 0 spiro atoms. The highest BCUT2D eigenvalue weighted by Gasteiger charge is 2.25. The Balaban J connectivity index is 1.94. The summed E-state index contributed by atoms with van der Waals surface area (Å²) < 4.78 is 10.7. The maximum Gasteiger partial charge on any atom is 0.328 e. The first-order valence-corrected chi connectivity index (χ1v) is 8.76. The molecule has 0 fully saturated rings. The monoisotopic (exact) mass is 355 g/mol. The van der Waals surface area contributed by atoms with E-state index in [-0.39, 0.29) is 12.5 Å². The van der Waals surface area contributed by atoms with Crippen LogP contribution in [0.25, 0.3) is 0 Å². The van der Waals surface area contributed by atoms with Crippen LogP contribution in [-0.4, -0.2) is 30.6 Å². The molecule has 2 unspecified atom stereocenters. The summed E-state index contributed by atoms with van der Waals surface area (Å²) in [7, 11) is 0. The maximum absolute atomic E-state index is 12.4. The molecular formula is C21H25NO4. The van der Waals surface area contributed by atoms with Gasteiger partial charge in [0.15, 0.2) is 0 Å². The highest BCUT2D eigenvalue weighted by Crippen LogP contribution is 2.07. The summed E-state index contributed by atoms with van der Waals surface area (Å²) in [5.74, 6) is -0.783. The van der Waals surface area contributed by atoms with Gasteiger partial charge in [-0.2, -0.15) is 0 Å². The summed E-state index contributed by atoms with van der Waals surface area (Å²) in [6, 6.07) is 18.4. The smallest absolute Gasteiger partial charge is 0.328 e. The van der Waals surface area contributed by atoms with E-state index in [0.717, 1.165) is 11.1 Å². The first-order chi connectivity index (χ1) is 12.6. The molecule has 2 atom stereocenters. The Kier molecular flexibility index (Phi) is 7.83. The van der Waals surface area contributed by atoms with E-state index in [9.17, 15) is 9.59 Å². The number of amides is 1. The van der Waals surface area contributed by atoms with Gasteiger partial charge < -0.3 is 14.8 Å². The van der Waals surface area contributed by atoms with Gasteiger partial charge in [-0.25, -0.2) is 4.79 Å². The Morgan fingerprint density at radius 1 is 0.962 bits per heavy atom. The van der Waals surface area contributed by atoms with Crippen LogP contribution >= 0.6 is 0 Å². The Morgan fingerprint density at radius 2 is 1.54 bits per heavy atom. The molecule has 0 aromatic heterocycles. The Morgan fingerprint density at radius 3 is 2.12 bits per heavy atom. The van der Waals surface area contributed by atoms with E-state index in [1.807, 2.05) is 60.7 Å². The average molecular weight is 355 g/mol. The third kappa shape index (κ3) is 6.33. The summed E-state index contributed by atoms with van der Waals surface area (Å²) in [6.45, 7) is 4.01. The van der Waals surface area contributed by atoms with Crippen LogP contribution in [-0.2, 0) is 32.1 Å². The van der Waals surface area contributed by atoms with Crippen molar-refractivity contribution < 1.29 is 19.1 Å². The van der Waals surface area contributed by atoms with Crippen LogP contribution in [0, 0.1) is 0 Å². The number of hydrogen-bond donors (Lipinski definition) is 1. The lowest BCUT2D eigenvalue weighted by Gasteiger charge is -2.20. The fraction of sp³-hybridized carbons (Fsp3) is 0.333. The van der Waals surface area contributed by atoms with Gasteiger partial charge in [0.2, 0.25) is 5.91 Å². The molecule has 5 heteroatoms. The van der Waals surface area contributed by atoms with Crippen LogP contribution in [0.15, 0.2) is 60.7 Å². The Labute approximate surface area is 154 Å². The van der Waals surface area contributed by atoms with E-state index in [4.69, 9.17) is 9.47 Å². The second-order valence-electron chi connectivity index (χ2n) is 5.94. The third-order valence-electron chi connectivity index (χ3n) is 3.88. The highest BCUT2D eigenvalue weighted by molar-refractivity contribution is 5.87. The molecule has 1 amide bonds. The minimum atomic E-state index is -0.743. The van der Waals surface area contributed by atoms with Crippen molar-refractivity contribution in [3.8, 4) is 0 Å². The van der Waals surface area contributed by atoms with Crippen molar-refractivity contribution in [2.45, 2.75) is 39.0 Å².